The highest BCUT2D eigenvalue weighted by molar-refractivity contribution is 6.01. The molecule has 1 atom stereocenters. The van der Waals surface area contributed by atoms with Gasteiger partial charge in [-0.3, -0.25) is 4.79 Å². The first kappa shape index (κ1) is 17.8. The van der Waals surface area contributed by atoms with E-state index in [2.05, 4.69) is 5.32 Å². The van der Waals surface area contributed by atoms with Gasteiger partial charge in [0.05, 0.1) is 19.8 Å². The van der Waals surface area contributed by atoms with Gasteiger partial charge >= 0.3 is 0 Å². The average Bonchev–Trinajstić information content (AvgIpc) is 3.11. The summed E-state index contributed by atoms with van der Waals surface area (Å²) in [4.78, 5) is 12.2. The third-order valence-corrected chi connectivity index (χ3v) is 3.68. The van der Waals surface area contributed by atoms with Crippen LogP contribution in [0.15, 0.2) is 23.8 Å². The Labute approximate surface area is 142 Å². The second-order valence-corrected chi connectivity index (χ2v) is 5.36. The van der Waals surface area contributed by atoms with Gasteiger partial charge in [-0.1, -0.05) is 6.07 Å². The predicted molar refractivity (Wildman–Crippen MR) is 89.7 cm³/mol. The second kappa shape index (κ2) is 8.94. The van der Waals surface area contributed by atoms with Gasteiger partial charge in [0.25, 0.3) is 5.91 Å². The maximum Gasteiger partial charge on any atom is 0.262 e. The summed E-state index contributed by atoms with van der Waals surface area (Å²) in [5.41, 5.74) is 0.740. The molecule has 1 amide bonds. The van der Waals surface area contributed by atoms with Gasteiger partial charge in [-0.25, -0.2) is 0 Å². The van der Waals surface area contributed by atoms with Crippen molar-refractivity contribution in [3.63, 3.8) is 0 Å². The molecule has 0 saturated carbocycles. The molecule has 1 unspecified atom stereocenters. The van der Waals surface area contributed by atoms with Crippen LogP contribution in [-0.4, -0.2) is 38.9 Å². The highest BCUT2D eigenvalue weighted by Crippen LogP contribution is 2.28. The number of ether oxygens (including phenoxy) is 3. The topological polar surface area (TPSA) is 80.6 Å². The number of hydrogen-bond donors (Lipinski definition) is 1. The minimum atomic E-state index is -0.401. The molecule has 1 saturated heterocycles. The highest BCUT2D eigenvalue weighted by atomic mass is 16.5. The molecule has 0 aliphatic carbocycles. The third-order valence-electron chi connectivity index (χ3n) is 3.68. The average molecular weight is 330 g/mol. The van der Waals surface area contributed by atoms with Crippen molar-refractivity contribution in [2.75, 3.05) is 26.9 Å². The zero-order chi connectivity index (χ0) is 17.4. The van der Waals surface area contributed by atoms with Gasteiger partial charge in [0.1, 0.15) is 11.6 Å². The van der Waals surface area contributed by atoms with E-state index in [1.807, 2.05) is 13.0 Å². The predicted octanol–water partition coefficient (Wildman–Crippen LogP) is 2.30. The molecule has 1 N–H and O–H groups in total. The Bertz CT molecular complexity index is 643. The Balaban J connectivity index is 2.09. The van der Waals surface area contributed by atoms with Crippen molar-refractivity contribution in [1.82, 2.24) is 5.32 Å². The molecule has 1 aromatic carbocycles. The number of rotatable bonds is 7. The summed E-state index contributed by atoms with van der Waals surface area (Å²) in [6.07, 6.45) is 3.52. The van der Waals surface area contributed by atoms with Gasteiger partial charge < -0.3 is 19.5 Å². The van der Waals surface area contributed by atoms with Crippen molar-refractivity contribution in [3.05, 3.63) is 29.3 Å². The van der Waals surface area contributed by atoms with Crippen molar-refractivity contribution in [2.24, 2.45) is 0 Å². The SMILES string of the molecule is CCOc1cc(/C=C(/C#N)C(=O)NCC2CCCO2)ccc1OC. The van der Waals surface area contributed by atoms with E-state index in [9.17, 15) is 10.1 Å². The van der Waals surface area contributed by atoms with Gasteiger partial charge in [-0.05, 0) is 43.5 Å². The Morgan fingerprint density at radius 1 is 1.50 bits per heavy atom. The number of nitrogens with one attached hydrogen (secondary N) is 1. The van der Waals surface area contributed by atoms with Crippen LogP contribution in [0.3, 0.4) is 0 Å². The first-order valence-electron chi connectivity index (χ1n) is 8.00. The summed E-state index contributed by atoms with van der Waals surface area (Å²) in [6, 6.07) is 7.20. The monoisotopic (exact) mass is 330 g/mol. The summed E-state index contributed by atoms with van der Waals surface area (Å²) >= 11 is 0. The molecule has 0 radical (unpaired) electrons. The summed E-state index contributed by atoms with van der Waals surface area (Å²) in [7, 11) is 1.56. The van der Waals surface area contributed by atoms with E-state index in [0.717, 1.165) is 19.4 Å². The fraction of sp³-hybridized carbons (Fsp3) is 0.444. The quantitative estimate of drug-likeness (QED) is 0.613. The summed E-state index contributed by atoms with van der Waals surface area (Å²) in [5, 5.41) is 12.0. The number of carbonyl (C=O) groups excluding carboxylic acids is 1. The minimum absolute atomic E-state index is 0.0411. The molecule has 1 aliphatic heterocycles. The molecule has 1 aromatic rings. The van der Waals surface area contributed by atoms with Crippen molar-refractivity contribution in [2.45, 2.75) is 25.9 Å². The highest BCUT2D eigenvalue weighted by Gasteiger charge is 2.17. The van der Waals surface area contributed by atoms with Gasteiger partial charge in [0.2, 0.25) is 0 Å². The molecule has 1 heterocycles. The molecular weight excluding hydrogens is 308 g/mol. The lowest BCUT2D eigenvalue weighted by molar-refractivity contribution is -0.117. The Morgan fingerprint density at radius 2 is 2.33 bits per heavy atom. The summed E-state index contributed by atoms with van der Waals surface area (Å²) < 4.78 is 16.2. The standard InChI is InChI=1S/C18H22N2O4/c1-3-23-17-10-13(6-7-16(17)22-2)9-14(11-19)18(21)20-12-15-5-4-8-24-15/h6-7,9-10,15H,3-5,8,12H2,1-2H3,(H,20,21)/b14-9-. The van der Waals surface area contributed by atoms with Crippen molar-refractivity contribution in [3.8, 4) is 17.6 Å². The lowest BCUT2D eigenvalue weighted by Gasteiger charge is -2.11. The van der Waals surface area contributed by atoms with E-state index in [4.69, 9.17) is 14.2 Å². The molecule has 6 nitrogen and oxygen atoms in total. The fourth-order valence-corrected chi connectivity index (χ4v) is 2.47. The van der Waals surface area contributed by atoms with Gasteiger partial charge in [0, 0.05) is 13.2 Å². The van der Waals surface area contributed by atoms with Crippen LogP contribution in [0.2, 0.25) is 0 Å². The molecule has 128 valence electrons. The number of nitrogens with zero attached hydrogens (tertiary/aromatic N) is 1. The van der Waals surface area contributed by atoms with Crippen LogP contribution in [0, 0.1) is 11.3 Å². The summed E-state index contributed by atoms with van der Waals surface area (Å²) in [6.45, 7) is 3.52. The van der Waals surface area contributed by atoms with E-state index in [-0.39, 0.29) is 11.7 Å². The lowest BCUT2D eigenvalue weighted by Crippen LogP contribution is -2.32. The number of methoxy groups -OCH3 is 1. The van der Waals surface area contributed by atoms with Crippen LogP contribution in [0.1, 0.15) is 25.3 Å². The molecule has 0 spiro atoms. The van der Waals surface area contributed by atoms with Crippen LogP contribution >= 0.6 is 0 Å². The van der Waals surface area contributed by atoms with Crippen LogP contribution in [-0.2, 0) is 9.53 Å². The molecule has 0 bridgehead atoms. The van der Waals surface area contributed by atoms with Crippen LogP contribution < -0.4 is 14.8 Å². The van der Waals surface area contributed by atoms with Crippen LogP contribution in [0.4, 0.5) is 0 Å². The zero-order valence-corrected chi connectivity index (χ0v) is 14.0. The van der Waals surface area contributed by atoms with E-state index >= 15 is 0 Å². The van der Waals surface area contributed by atoms with Crippen molar-refractivity contribution in [1.29, 1.82) is 5.26 Å². The van der Waals surface area contributed by atoms with Crippen molar-refractivity contribution < 1.29 is 19.0 Å². The Kier molecular flexibility index (Phi) is 6.64. The number of hydrogen-bond acceptors (Lipinski definition) is 5. The zero-order valence-electron chi connectivity index (χ0n) is 14.0. The maximum absolute atomic E-state index is 12.2. The van der Waals surface area contributed by atoms with Crippen molar-refractivity contribution >= 4 is 12.0 Å². The van der Waals surface area contributed by atoms with Gasteiger partial charge in [-0.15, -0.1) is 0 Å². The third kappa shape index (κ3) is 4.74. The molecule has 1 aliphatic rings. The first-order valence-corrected chi connectivity index (χ1v) is 8.00. The molecule has 0 aromatic heterocycles. The number of benzene rings is 1. The number of amides is 1. The Hall–Kier alpha value is -2.52. The molecule has 24 heavy (non-hydrogen) atoms. The number of carbonyl (C=O) groups is 1. The van der Waals surface area contributed by atoms with Crippen LogP contribution in [0.5, 0.6) is 11.5 Å². The maximum atomic E-state index is 12.2. The molecular formula is C18H22N2O4. The second-order valence-electron chi connectivity index (χ2n) is 5.36. The smallest absolute Gasteiger partial charge is 0.262 e. The minimum Gasteiger partial charge on any atom is -0.493 e. The fourth-order valence-electron chi connectivity index (χ4n) is 2.47. The van der Waals surface area contributed by atoms with E-state index in [0.29, 0.717) is 30.2 Å². The largest absolute Gasteiger partial charge is 0.493 e. The summed E-state index contributed by atoms with van der Waals surface area (Å²) in [5.74, 6) is 0.780. The Morgan fingerprint density at radius 3 is 2.96 bits per heavy atom. The first-order chi connectivity index (χ1) is 11.7. The van der Waals surface area contributed by atoms with E-state index in [1.165, 1.54) is 6.08 Å². The molecule has 1 fully saturated rings. The van der Waals surface area contributed by atoms with Crippen LogP contribution in [0.25, 0.3) is 6.08 Å². The van der Waals surface area contributed by atoms with Gasteiger partial charge in [0.15, 0.2) is 11.5 Å². The van der Waals surface area contributed by atoms with Gasteiger partial charge in [-0.2, -0.15) is 5.26 Å². The van der Waals surface area contributed by atoms with E-state index < -0.39 is 5.91 Å². The molecule has 6 heteroatoms. The molecule has 2 rings (SSSR count). The normalized spacial score (nSPS) is 17.2. The number of nitriles is 1. The lowest BCUT2D eigenvalue weighted by atomic mass is 10.1. The van der Waals surface area contributed by atoms with E-state index in [1.54, 1.807) is 25.3 Å².